The molecular weight excluding hydrogens is 408 g/mol. The normalized spacial score (nSPS) is 32.8. The number of carbonyl (C=O) groups excluding carboxylic acids is 3. The number of amides is 3. The predicted molar refractivity (Wildman–Crippen MR) is 122 cm³/mol. The Morgan fingerprint density at radius 1 is 1.06 bits per heavy atom. The summed E-state index contributed by atoms with van der Waals surface area (Å²) in [6.07, 6.45) is 10.2. The molecule has 1 aliphatic heterocycles. The third kappa shape index (κ3) is 3.51. The Morgan fingerprint density at radius 3 is 2.06 bits per heavy atom. The average Bonchev–Trinajstić information content (AvgIpc) is 2.98. The molecular formula is C25H32N2O3S. The van der Waals surface area contributed by atoms with Crippen LogP contribution in [0.5, 0.6) is 0 Å². The summed E-state index contributed by atoms with van der Waals surface area (Å²) < 4.78 is 0. The van der Waals surface area contributed by atoms with Gasteiger partial charge in [0.15, 0.2) is 0 Å². The van der Waals surface area contributed by atoms with Gasteiger partial charge in [0.1, 0.15) is 6.04 Å². The van der Waals surface area contributed by atoms with Crippen molar-refractivity contribution < 1.29 is 14.4 Å². The molecule has 4 fully saturated rings. The number of hydrogen-bond acceptors (Lipinski definition) is 4. The number of nitrogens with one attached hydrogen (secondary N) is 1. The molecule has 6 heteroatoms. The smallest absolute Gasteiger partial charge is 0.262 e. The van der Waals surface area contributed by atoms with E-state index in [1.54, 1.807) is 36.0 Å². The van der Waals surface area contributed by atoms with E-state index in [0.717, 1.165) is 23.5 Å². The first-order valence-corrected chi connectivity index (χ1v) is 13.1. The van der Waals surface area contributed by atoms with Crippen molar-refractivity contribution in [1.29, 1.82) is 0 Å². The van der Waals surface area contributed by atoms with Gasteiger partial charge in [-0.1, -0.05) is 12.1 Å². The predicted octanol–water partition coefficient (Wildman–Crippen LogP) is 4.13. The van der Waals surface area contributed by atoms with Crippen LogP contribution in [0.2, 0.25) is 0 Å². The largest absolute Gasteiger partial charge is 0.351 e. The maximum atomic E-state index is 13.5. The number of nitrogens with zero attached hydrogens (tertiary/aromatic N) is 1. The van der Waals surface area contributed by atoms with Gasteiger partial charge < -0.3 is 5.32 Å². The number of hydrogen-bond donors (Lipinski definition) is 1. The van der Waals surface area contributed by atoms with E-state index in [0.29, 0.717) is 17.5 Å². The highest BCUT2D eigenvalue weighted by Gasteiger charge is 2.54. The highest BCUT2D eigenvalue weighted by Crippen LogP contribution is 2.61. The van der Waals surface area contributed by atoms with Gasteiger partial charge in [0, 0.05) is 6.04 Å². The van der Waals surface area contributed by atoms with Gasteiger partial charge in [-0.25, -0.2) is 0 Å². The van der Waals surface area contributed by atoms with Crippen LogP contribution in [0.25, 0.3) is 0 Å². The van der Waals surface area contributed by atoms with Crippen LogP contribution in [0.1, 0.15) is 72.6 Å². The first-order chi connectivity index (χ1) is 14.9. The van der Waals surface area contributed by atoms with Gasteiger partial charge in [-0.3, -0.25) is 19.3 Å². The fourth-order valence-corrected chi connectivity index (χ4v) is 7.73. The summed E-state index contributed by atoms with van der Waals surface area (Å²) in [4.78, 5) is 40.8. The number of imide groups is 1. The van der Waals surface area contributed by atoms with Crippen LogP contribution in [0.15, 0.2) is 24.3 Å². The molecule has 1 N–H and O–H groups in total. The van der Waals surface area contributed by atoms with E-state index in [2.05, 4.69) is 12.2 Å². The van der Waals surface area contributed by atoms with Gasteiger partial charge in [0.05, 0.1) is 11.1 Å². The molecule has 3 amide bonds. The standard InChI is InChI=1S/C25H32N2O3S/c1-15(25-12-16-9-17(13-25)11-18(10-16)14-25)26-22(28)21(7-8-31-2)27-23(29)19-5-3-4-6-20(19)24(27)30/h3-6,15-18,21H,7-14H2,1-2H3,(H,26,28)/t15-,16?,17?,18?,21+,25?/m1/s1. The molecule has 4 aliphatic carbocycles. The molecule has 6 rings (SSSR count). The van der Waals surface area contributed by atoms with Crippen molar-refractivity contribution in [1.82, 2.24) is 10.2 Å². The summed E-state index contributed by atoms with van der Waals surface area (Å²) >= 11 is 1.63. The van der Waals surface area contributed by atoms with E-state index < -0.39 is 6.04 Å². The van der Waals surface area contributed by atoms with Gasteiger partial charge in [0.2, 0.25) is 5.91 Å². The molecule has 0 spiro atoms. The minimum atomic E-state index is -0.754. The van der Waals surface area contributed by atoms with Crippen molar-refractivity contribution in [2.75, 3.05) is 12.0 Å². The van der Waals surface area contributed by atoms with Crippen molar-refractivity contribution in [3.8, 4) is 0 Å². The Hall–Kier alpha value is -1.82. The zero-order chi connectivity index (χ0) is 21.8. The summed E-state index contributed by atoms with van der Waals surface area (Å²) in [5.41, 5.74) is 1.00. The van der Waals surface area contributed by atoms with E-state index in [1.165, 1.54) is 43.4 Å². The molecule has 1 aromatic rings. The van der Waals surface area contributed by atoms with Crippen molar-refractivity contribution >= 4 is 29.5 Å². The molecule has 4 bridgehead atoms. The number of fused-ring (bicyclic) bond motifs is 1. The van der Waals surface area contributed by atoms with Gasteiger partial charge in [0.25, 0.3) is 11.8 Å². The maximum absolute atomic E-state index is 13.5. The van der Waals surface area contributed by atoms with Crippen LogP contribution in [-0.2, 0) is 4.79 Å². The minimum Gasteiger partial charge on any atom is -0.351 e. The molecule has 1 heterocycles. The molecule has 0 radical (unpaired) electrons. The van der Waals surface area contributed by atoms with Crippen LogP contribution < -0.4 is 5.32 Å². The van der Waals surface area contributed by atoms with Crippen molar-refractivity contribution in [3.05, 3.63) is 35.4 Å². The van der Waals surface area contributed by atoms with Crippen LogP contribution in [0.3, 0.4) is 0 Å². The molecule has 5 aliphatic rings. The van der Waals surface area contributed by atoms with E-state index in [1.807, 2.05) is 6.26 Å². The lowest BCUT2D eigenvalue weighted by atomic mass is 9.48. The van der Waals surface area contributed by atoms with Crippen LogP contribution >= 0.6 is 11.8 Å². The summed E-state index contributed by atoms with van der Waals surface area (Å²) in [5, 5.41) is 3.30. The number of rotatable bonds is 7. The summed E-state index contributed by atoms with van der Waals surface area (Å²) in [5.74, 6) is 2.30. The van der Waals surface area contributed by atoms with Gasteiger partial charge in [-0.15, -0.1) is 0 Å². The molecule has 0 aromatic heterocycles. The van der Waals surface area contributed by atoms with Crippen LogP contribution in [-0.4, -0.2) is 46.7 Å². The molecule has 4 saturated carbocycles. The first-order valence-electron chi connectivity index (χ1n) is 11.7. The minimum absolute atomic E-state index is 0.0698. The monoisotopic (exact) mass is 440 g/mol. The van der Waals surface area contributed by atoms with E-state index in [-0.39, 0.29) is 29.2 Å². The molecule has 0 saturated heterocycles. The zero-order valence-electron chi connectivity index (χ0n) is 18.4. The third-order valence-corrected chi connectivity index (χ3v) is 9.04. The average molecular weight is 441 g/mol. The van der Waals surface area contributed by atoms with Crippen molar-refractivity contribution in [3.63, 3.8) is 0 Å². The summed E-state index contributed by atoms with van der Waals surface area (Å²) in [6.45, 7) is 2.15. The maximum Gasteiger partial charge on any atom is 0.262 e. The summed E-state index contributed by atoms with van der Waals surface area (Å²) in [6, 6.07) is 6.20. The third-order valence-electron chi connectivity index (χ3n) is 8.40. The fraction of sp³-hybridized carbons (Fsp3) is 0.640. The lowest BCUT2D eigenvalue weighted by molar-refractivity contribution is -0.129. The van der Waals surface area contributed by atoms with Gasteiger partial charge >= 0.3 is 0 Å². The van der Waals surface area contributed by atoms with Crippen LogP contribution in [0.4, 0.5) is 0 Å². The SMILES string of the molecule is CSCC[C@@H](C(=O)N[C@H](C)C12CC3CC(CC(C3)C1)C2)N1C(=O)c2ccccc2C1=O. The lowest BCUT2D eigenvalue weighted by Crippen LogP contribution is -2.59. The van der Waals surface area contributed by atoms with Crippen molar-refractivity contribution in [2.24, 2.45) is 23.2 Å². The Balaban J connectivity index is 1.35. The number of benzene rings is 1. The second-order valence-corrected chi connectivity index (χ2v) is 11.3. The lowest BCUT2D eigenvalue weighted by Gasteiger charge is -2.59. The van der Waals surface area contributed by atoms with E-state index in [9.17, 15) is 14.4 Å². The fourth-order valence-electron chi connectivity index (χ4n) is 7.27. The zero-order valence-corrected chi connectivity index (χ0v) is 19.2. The Morgan fingerprint density at radius 2 is 1.58 bits per heavy atom. The highest BCUT2D eigenvalue weighted by molar-refractivity contribution is 7.98. The van der Waals surface area contributed by atoms with Crippen molar-refractivity contribution in [2.45, 2.75) is 64.0 Å². The molecule has 31 heavy (non-hydrogen) atoms. The topological polar surface area (TPSA) is 66.5 Å². The number of thioether (sulfide) groups is 1. The van der Waals surface area contributed by atoms with Gasteiger partial charge in [-0.05, 0) is 99.2 Å². The first kappa shape index (κ1) is 21.0. The van der Waals surface area contributed by atoms with Gasteiger partial charge in [-0.2, -0.15) is 11.8 Å². The molecule has 1 aromatic carbocycles. The second-order valence-electron chi connectivity index (χ2n) is 10.3. The molecule has 166 valence electrons. The molecule has 2 atom stereocenters. The Bertz CT molecular complexity index is 843. The Kier molecular flexibility index (Phi) is 5.40. The van der Waals surface area contributed by atoms with E-state index >= 15 is 0 Å². The van der Waals surface area contributed by atoms with Crippen LogP contribution in [0, 0.1) is 23.2 Å². The quantitative estimate of drug-likeness (QED) is 0.648. The molecule has 5 nitrogen and oxygen atoms in total. The van der Waals surface area contributed by atoms with E-state index in [4.69, 9.17) is 0 Å². The second kappa shape index (κ2) is 7.95. The Labute approximate surface area is 188 Å². The summed E-state index contributed by atoms with van der Waals surface area (Å²) in [7, 11) is 0. The highest BCUT2D eigenvalue weighted by atomic mass is 32.2. The number of carbonyl (C=O) groups is 3. The molecule has 0 unspecified atom stereocenters.